The Balaban J connectivity index is 1.80. The molecule has 0 aliphatic carbocycles. The lowest BCUT2D eigenvalue weighted by atomic mass is 9.91. The highest BCUT2D eigenvalue weighted by Crippen LogP contribution is 2.29. The monoisotopic (exact) mass is 451 g/mol. The second-order valence-electron chi connectivity index (χ2n) is 8.50. The number of urea groups is 1. The van der Waals surface area contributed by atoms with Crippen LogP contribution in [0.15, 0.2) is 54.6 Å². The number of esters is 1. The zero-order valence-corrected chi connectivity index (χ0v) is 19.3. The molecule has 0 aromatic heterocycles. The van der Waals surface area contributed by atoms with E-state index in [1.165, 1.54) is 12.0 Å². The highest BCUT2D eigenvalue weighted by atomic mass is 16.5. The number of carbonyl (C=O) groups is 4. The van der Waals surface area contributed by atoms with Crippen LogP contribution in [0.3, 0.4) is 0 Å². The number of benzene rings is 2. The summed E-state index contributed by atoms with van der Waals surface area (Å²) in [5.41, 5.74) is 1.28. The molecule has 8 nitrogen and oxygen atoms in total. The molecule has 1 aliphatic rings. The number of hydrogen-bond acceptors (Lipinski definition) is 5. The van der Waals surface area contributed by atoms with E-state index in [1.54, 1.807) is 26.0 Å². The Hall–Kier alpha value is -3.68. The first kappa shape index (κ1) is 24.0. The number of amides is 4. The molecule has 1 saturated heterocycles. The summed E-state index contributed by atoms with van der Waals surface area (Å²) in [6.45, 7) is 5.14. The van der Waals surface area contributed by atoms with E-state index in [2.05, 4.69) is 5.32 Å². The van der Waals surface area contributed by atoms with Crippen LogP contribution in [0.2, 0.25) is 0 Å². The Bertz CT molecular complexity index is 1040. The van der Waals surface area contributed by atoms with Crippen LogP contribution >= 0.6 is 0 Å². The summed E-state index contributed by atoms with van der Waals surface area (Å²) in [4.78, 5) is 53.5. The van der Waals surface area contributed by atoms with Crippen LogP contribution in [0.5, 0.6) is 0 Å². The van der Waals surface area contributed by atoms with Gasteiger partial charge in [0, 0.05) is 13.1 Å². The van der Waals surface area contributed by atoms with Gasteiger partial charge in [-0.15, -0.1) is 0 Å². The van der Waals surface area contributed by atoms with Crippen LogP contribution in [0.25, 0.3) is 0 Å². The van der Waals surface area contributed by atoms with Crippen molar-refractivity contribution in [2.45, 2.75) is 32.9 Å². The minimum Gasteiger partial charge on any atom is -0.469 e. The van der Waals surface area contributed by atoms with Crippen LogP contribution in [0.4, 0.5) is 4.79 Å². The van der Waals surface area contributed by atoms with Gasteiger partial charge in [-0.25, -0.2) is 4.79 Å². The van der Waals surface area contributed by atoms with E-state index in [4.69, 9.17) is 4.74 Å². The second kappa shape index (κ2) is 9.85. The Labute approximate surface area is 193 Å². The average molecular weight is 452 g/mol. The fourth-order valence-corrected chi connectivity index (χ4v) is 3.82. The van der Waals surface area contributed by atoms with E-state index in [0.717, 1.165) is 16.0 Å². The van der Waals surface area contributed by atoms with Crippen molar-refractivity contribution in [3.05, 3.63) is 71.3 Å². The minimum atomic E-state index is -1.26. The number of methoxy groups -OCH3 is 1. The van der Waals surface area contributed by atoms with Gasteiger partial charge in [0.1, 0.15) is 12.1 Å². The normalized spacial score (nSPS) is 18.6. The van der Waals surface area contributed by atoms with Crippen molar-refractivity contribution >= 4 is 23.8 Å². The molecule has 1 fully saturated rings. The summed E-state index contributed by atoms with van der Waals surface area (Å²) in [6.07, 6.45) is 0. The lowest BCUT2D eigenvalue weighted by Gasteiger charge is -2.27. The Kier molecular flexibility index (Phi) is 7.16. The third-order valence-electron chi connectivity index (χ3n) is 5.86. The predicted molar refractivity (Wildman–Crippen MR) is 122 cm³/mol. The van der Waals surface area contributed by atoms with Crippen molar-refractivity contribution in [3.63, 3.8) is 0 Å². The van der Waals surface area contributed by atoms with E-state index >= 15 is 0 Å². The molecular formula is C25H29N3O5. The van der Waals surface area contributed by atoms with Gasteiger partial charge in [0.05, 0.1) is 13.0 Å². The van der Waals surface area contributed by atoms with Crippen LogP contribution < -0.4 is 5.32 Å². The zero-order chi connectivity index (χ0) is 24.2. The SMILES string of the molecule is COC(=O)C(C)CN(Cc1ccccc1)C(=O)CN1C(=O)NC(C)(c2ccc(C)cc2)C1=O. The number of nitrogens with zero attached hydrogens (tertiary/aromatic N) is 2. The van der Waals surface area contributed by atoms with Crippen molar-refractivity contribution in [1.29, 1.82) is 0 Å². The number of hydrogen-bond donors (Lipinski definition) is 1. The summed E-state index contributed by atoms with van der Waals surface area (Å²) in [6, 6.07) is 16.0. The van der Waals surface area contributed by atoms with Gasteiger partial charge in [0.2, 0.25) is 5.91 Å². The first-order valence-corrected chi connectivity index (χ1v) is 10.8. The molecule has 2 unspecified atom stereocenters. The average Bonchev–Trinajstić information content (AvgIpc) is 3.02. The summed E-state index contributed by atoms with van der Waals surface area (Å²) < 4.78 is 4.79. The topological polar surface area (TPSA) is 96.0 Å². The van der Waals surface area contributed by atoms with E-state index in [0.29, 0.717) is 5.56 Å². The standard InChI is InChI=1S/C25H29N3O5/c1-17-10-12-20(13-11-17)25(3)23(31)28(24(32)26-25)16-21(29)27(14-18(2)22(30)33-4)15-19-8-6-5-7-9-19/h5-13,18H,14-16H2,1-4H3,(H,26,32). The lowest BCUT2D eigenvalue weighted by Crippen LogP contribution is -2.46. The number of carbonyl (C=O) groups excluding carboxylic acids is 4. The summed E-state index contributed by atoms with van der Waals surface area (Å²) >= 11 is 0. The first-order valence-electron chi connectivity index (χ1n) is 10.8. The van der Waals surface area contributed by atoms with Crippen molar-refractivity contribution in [3.8, 4) is 0 Å². The largest absolute Gasteiger partial charge is 0.469 e. The molecule has 2 aromatic rings. The van der Waals surface area contributed by atoms with Gasteiger partial charge in [-0.2, -0.15) is 0 Å². The van der Waals surface area contributed by atoms with Gasteiger partial charge in [-0.1, -0.05) is 67.1 Å². The number of nitrogens with one attached hydrogen (secondary N) is 1. The molecule has 1 heterocycles. The van der Waals surface area contributed by atoms with Gasteiger partial charge < -0.3 is 15.0 Å². The third-order valence-corrected chi connectivity index (χ3v) is 5.86. The second-order valence-corrected chi connectivity index (χ2v) is 8.50. The van der Waals surface area contributed by atoms with Gasteiger partial charge in [0.15, 0.2) is 0 Å². The maximum atomic E-state index is 13.2. The van der Waals surface area contributed by atoms with E-state index in [-0.39, 0.29) is 13.1 Å². The highest BCUT2D eigenvalue weighted by Gasteiger charge is 2.49. The van der Waals surface area contributed by atoms with Crippen LogP contribution in [0.1, 0.15) is 30.5 Å². The fourth-order valence-electron chi connectivity index (χ4n) is 3.82. The molecule has 2 atom stereocenters. The molecule has 8 heteroatoms. The number of aryl methyl sites for hydroxylation is 1. The van der Waals surface area contributed by atoms with Crippen LogP contribution in [-0.2, 0) is 31.2 Å². The maximum Gasteiger partial charge on any atom is 0.325 e. The molecule has 0 spiro atoms. The van der Waals surface area contributed by atoms with Crippen LogP contribution in [-0.4, -0.2) is 53.8 Å². The van der Waals surface area contributed by atoms with Crippen molar-refractivity contribution in [2.24, 2.45) is 5.92 Å². The summed E-state index contributed by atoms with van der Waals surface area (Å²) in [7, 11) is 1.29. The number of ether oxygens (including phenoxy) is 1. The molecule has 1 N–H and O–H groups in total. The molecule has 1 aliphatic heterocycles. The van der Waals surface area contributed by atoms with Gasteiger partial charge >= 0.3 is 12.0 Å². The Morgan fingerprint density at radius 3 is 2.33 bits per heavy atom. The van der Waals surface area contributed by atoms with Crippen molar-refractivity contribution in [1.82, 2.24) is 15.1 Å². The smallest absolute Gasteiger partial charge is 0.325 e. The lowest BCUT2D eigenvalue weighted by molar-refractivity contribution is -0.147. The zero-order valence-electron chi connectivity index (χ0n) is 19.3. The fraction of sp³-hybridized carbons (Fsp3) is 0.360. The van der Waals surface area contributed by atoms with E-state index < -0.39 is 41.8 Å². The minimum absolute atomic E-state index is 0.0965. The number of rotatable bonds is 8. The molecule has 0 radical (unpaired) electrons. The first-order chi connectivity index (χ1) is 15.7. The molecule has 174 valence electrons. The summed E-state index contributed by atoms with van der Waals surface area (Å²) in [5.74, 6) is -1.94. The van der Waals surface area contributed by atoms with Crippen molar-refractivity contribution in [2.75, 3.05) is 20.2 Å². The molecule has 2 aromatic carbocycles. The third kappa shape index (κ3) is 5.22. The Morgan fingerprint density at radius 2 is 1.73 bits per heavy atom. The summed E-state index contributed by atoms with van der Waals surface area (Å²) in [5, 5.41) is 2.72. The molecule has 0 bridgehead atoms. The van der Waals surface area contributed by atoms with E-state index in [1.807, 2.05) is 49.4 Å². The molecule has 4 amide bonds. The Morgan fingerprint density at radius 1 is 1.09 bits per heavy atom. The quantitative estimate of drug-likeness (QED) is 0.492. The molecular weight excluding hydrogens is 422 g/mol. The van der Waals surface area contributed by atoms with Gasteiger partial charge in [-0.05, 0) is 25.0 Å². The molecule has 3 rings (SSSR count). The predicted octanol–water partition coefficient (Wildman–Crippen LogP) is 2.60. The molecule has 0 saturated carbocycles. The maximum absolute atomic E-state index is 13.2. The van der Waals surface area contributed by atoms with Gasteiger partial charge in [0.25, 0.3) is 5.91 Å². The van der Waals surface area contributed by atoms with E-state index in [9.17, 15) is 19.2 Å². The highest BCUT2D eigenvalue weighted by molar-refractivity contribution is 6.09. The molecule has 33 heavy (non-hydrogen) atoms. The van der Waals surface area contributed by atoms with Gasteiger partial charge in [-0.3, -0.25) is 19.3 Å². The number of imide groups is 1. The van der Waals surface area contributed by atoms with Crippen LogP contribution in [0, 0.1) is 12.8 Å². The van der Waals surface area contributed by atoms with Crippen molar-refractivity contribution < 1.29 is 23.9 Å².